The number of carbonyl (C=O) groups excluding carboxylic acids is 6. The Kier molecular flexibility index (Phi) is 22.6. The molecule has 68 heavy (non-hydrogen) atoms. The number of nitrogens with two attached hydrogens (primary N) is 2. The van der Waals surface area contributed by atoms with E-state index in [0.717, 1.165) is 12.8 Å². The highest BCUT2D eigenvalue weighted by molar-refractivity contribution is 6.28. The summed E-state index contributed by atoms with van der Waals surface area (Å²) in [7, 11) is 0. The van der Waals surface area contributed by atoms with Crippen molar-refractivity contribution in [3.63, 3.8) is 0 Å². The zero-order chi connectivity index (χ0) is 49.5. The molecule has 3 aromatic rings. The predicted octanol–water partition coefficient (Wildman–Crippen LogP) is 2.91. The van der Waals surface area contributed by atoms with Crippen LogP contribution in [0, 0.1) is 5.92 Å². The van der Waals surface area contributed by atoms with Gasteiger partial charge in [-0.05, 0) is 69.4 Å². The molecule has 0 radical (unpaired) electrons. The quantitative estimate of drug-likeness (QED) is 0.0173. The van der Waals surface area contributed by atoms with Crippen molar-refractivity contribution < 1.29 is 68.4 Å². The molecule has 19 nitrogen and oxygen atoms in total. The van der Waals surface area contributed by atoms with Gasteiger partial charge in [0.05, 0.1) is 44.4 Å². The second-order valence-electron chi connectivity index (χ2n) is 16.2. The number of Topliss-reactive ketones (excluding diaryl/α,β-unsaturated/α-hetero) is 3. The van der Waals surface area contributed by atoms with Crippen LogP contribution in [0.3, 0.4) is 0 Å². The first-order valence-electron chi connectivity index (χ1n) is 22.6. The SMILES string of the molecule is CC(=O)CCCCOCCOCCOCCCNC(=O)CC[C@H]([NH3+])C(=O)NCC(=O)C[C@@H](CCCN=C(N)N)C(=O)CCl.O=C1OC2(c3ccc(O)cc3Oc3cc(O)ccc32)c2ccccc21. The molecule has 0 bridgehead atoms. The molecule has 1 spiro atoms. The van der Waals surface area contributed by atoms with Crippen LogP contribution in [0.5, 0.6) is 23.0 Å². The number of ether oxygens (including phenoxy) is 5. The summed E-state index contributed by atoms with van der Waals surface area (Å²) in [6.07, 6.45) is 4.13. The lowest BCUT2D eigenvalue weighted by atomic mass is 9.77. The molecule has 370 valence electrons. The van der Waals surface area contributed by atoms with E-state index in [1.165, 1.54) is 24.3 Å². The number of phenols is 2. The zero-order valence-corrected chi connectivity index (χ0v) is 39.2. The maximum absolute atomic E-state index is 12.5. The van der Waals surface area contributed by atoms with Gasteiger partial charge in [-0.1, -0.05) is 18.2 Å². The Hall–Kier alpha value is -6.12. The molecule has 0 aromatic heterocycles. The van der Waals surface area contributed by atoms with Gasteiger partial charge in [0, 0.05) is 86.7 Å². The molecule has 0 unspecified atom stereocenters. The molecule has 0 aliphatic carbocycles. The number of rotatable bonds is 29. The fourth-order valence-electron chi connectivity index (χ4n) is 7.41. The van der Waals surface area contributed by atoms with E-state index < -0.39 is 29.4 Å². The van der Waals surface area contributed by atoms with E-state index in [2.05, 4.69) is 21.4 Å². The zero-order valence-electron chi connectivity index (χ0n) is 38.4. The Morgan fingerprint density at radius 2 is 1.41 bits per heavy atom. The summed E-state index contributed by atoms with van der Waals surface area (Å²) in [4.78, 5) is 76.0. The van der Waals surface area contributed by atoms with Crippen LogP contribution in [0.15, 0.2) is 65.7 Å². The molecule has 2 aliphatic heterocycles. The number of carbonyl (C=O) groups is 6. The van der Waals surface area contributed by atoms with E-state index >= 15 is 0 Å². The van der Waals surface area contributed by atoms with Crippen molar-refractivity contribution in [3.05, 3.63) is 82.9 Å². The summed E-state index contributed by atoms with van der Waals surface area (Å²) in [5.41, 5.74) is 15.6. The van der Waals surface area contributed by atoms with Gasteiger partial charge in [-0.2, -0.15) is 0 Å². The van der Waals surface area contributed by atoms with Gasteiger partial charge in [-0.3, -0.25) is 24.2 Å². The Bertz CT molecular complexity index is 2170. The number of fused-ring (bicyclic) bond motifs is 6. The van der Waals surface area contributed by atoms with E-state index in [4.69, 9.17) is 46.8 Å². The molecule has 3 aromatic carbocycles. The average Bonchev–Trinajstić information content (AvgIpc) is 3.60. The van der Waals surface area contributed by atoms with Crippen molar-refractivity contribution >= 4 is 52.7 Å². The number of nitrogens with one attached hydrogen (secondary N) is 2. The number of hydrogen-bond donors (Lipinski definition) is 7. The number of amides is 2. The van der Waals surface area contributed by atoms with Gasteiger partial charge in [0.15, 0.2) is 29.2 Å². The highest BCUT2D eigenvalue weighted by atomic mass is 35.5. The van der Waals surface area contributed by atoms with Crippen molar-refractivity contribution in [2.24, 2.45) is 22.4 Å². The Morgan fingerprint density at radius 1 is 0.794 bits per heavy atom. The van der Waals surface area contributed by atoms with Gasteiger partial charge in [-0.25, -0.2) is 4.79 Å². The highest BCUT2D eigenvalue weighted by Crippen LogP contribution is 2.56. The van der Waals surface area contributed by atoms with Gasteiger partial charge < -0.3 is 66.5 Å². The second-order valence-corrected chi connectivity index (χ2v) is 16.5. The van der Waals surface area contributed by atoms with Crippen LogP contribution >= 0.6 is 11.6 Å². The molecule has 2 atom stereocenters. The monoisotopic (exact) mass is 967 g/mol. The number of alkyl halides is 1. The summed E-state index contributed by atoms with van der Waals surface area (Å²) >= 11 is 5.66. The van der Waals surface area contributed by atoms with Crippen LogP contribution in [-0.2, 0) is 48.5 Å². The fraction of sp³-hybridized carbons (Fsp3) is 0.479. The third kappa shape index (κ3) is 16.9. The number of benzene rings is 3. The number of halogens is 1. The van der Waals surface area contributed by atoms with Crippen LogP contribution in [-0.4, -0.2) is 123 Å². The number of aromatic hydroxyl groups is 2. The molecule has 0 fully saturated rings. The number of guanidine groups is 1. The summed E-state index contributed by atoms with van der Waals surface area (Å²) < 4.78 is 28.1. The van der Waals surface area contributed by atoms with Crippen LogP contribution in [0.4, 0.5) is 0 Å². The van der Waals surface area contributed by atoms with E-state index in [1.54, 1.807) is 31.2 Å². The van der Waals surface area contributed by atoms with Crippen molar-refractivity contribution in [1.82, 2.24) is 10.6 Å². The number of phenolic OH excluding ortho intramolecular Hbond substituents is 2. The fourth-order valence-corrected chi connectivity index (χ4v) is 7.63. The van der Waals surface area contributed by atoms with Crippen molar-refractivity contribution in [2.45, 2.75) is 76.4 Å². The predicted molar refractivity (Wildman–Crippen MR) is 250 cm³/mol. The molecular formula is C48H64ClN6O13+. The number of ketones is 3. The minimum atomic E-state index is -1.17. The van der Waals surface area contributed by atoms with E-state index in [1.807, 2.05) is 12.1 Å². The third-order valence-corrected chi connectivity index (χ3v) is 11.2. The van der Waals surface area contributed by atoms with Crippen LogP contribution < -0.4 is 32.6 Å². The number of quaternary nitrogens is 1. The molecule has 20 heteroatoms. The molecule has 0 saturated carbocycles. The number of aliphatic imine (C=N–C) groups is 1. The minimum Gasteiger partial charge on any atom is -0.508 e. The van der Waals surface area contributed by atoms with Gasteiger partial charge in [0.2, 0.25) is 5.91 Å². The lowest BCUT2D eigenvalue weighted by Crippen LogP contribution is -2.67. The Morgan fingerprint density at radius 3 is 2.03 bits per heavy atom. The van der Waals surface area contributed by atoms with E-state index in [-0.39, 0.29) is 72.4 Å². The molecule has 2 aliphatic rings. The first kappa shape index (κ1) is 54.5. The first-order chi connectivity index (χ1) is 32.7. The summed E-state index contributed by atoms with van der Waals surface area (Å²) in [5.74, 6) is -1.42. The summed E-state index contributed by atoms with van der Waals surface area (Å²) in [6.45, 7) is 5.08. The standard InChI is InChI=1S/C28H51ClN6O8.C20H12O5/c1-21(36)6-2-3-12-41-14-16-43-17-15-42-13-5-11-33-26(39)9-8-24(30)27(40)35-20-23(37)18-22(25(38)19-29)7-4-10-34-28(31)32;21-11-5-7-15-17(9-11)24-18-10-12(22)6-8-16(18)20(15)14-4-2-1-3-13(14)19(23)25-20/h22,24H,2-20,30H2,1H3,(H,33,39)(H,35,40)(H4,31,32,34);1-10,21-22H/p+1/t22-,24+;/m1./s1. The largest absolute Gasteiger partial charge is 0.508 e. The number of nitrogens with zero attached hydrogens (tertiary/aromatic N) is 1. The normalized spacial score (nSPS) is 13.5. The van der Waals surface area contributed by atoms with Crippen molar-refractivity contribution in [1.29, 1.82) is 0 Å². The highest BCUT2D eigenvalue weighted by Gasteiger charge is 2.53. The first-order valence-corrected chi connectivity index (χ1v) is 23.1. The average molecular weight is 969 g/mol. The molecular weight excluding hydrogens is 904 g/mol. The van der Waals surface area contributed by atoms with Gasteiger partial charge in [-0.15, -0.1) is 11.6 Å². The van der Waals surface area contributed by atoms with Crippen LogP contribution in [0.2, 0.25) is 0 Å². The maximum atomic E-state index is 12.5. The Labute approximate surface area is 400 Å². The minimum absolute atomic E-state index is 0.0371. The lowest BCUT2D eigenvalue weighted by molar-refractivity contribution is -0.404. The molecule has 11 N–H and O–H groups in total. The van der Waals surface area contributed by atoms with Crippen LogP contribution in [0.1, 0.15) is 91.8 Å². The lowest BCUT2D eigenvalue weighted by Gasteiger charge is -2.36. The summed E-state index contributed by atoms with van der Waals surface area (Å²) in [5, 5.41) is 25.0. The third-order valence-electron chi connectivity index (χ3n) is 10.9. The van der Waals surface area contributed by atoms with Crippen molar-refractivity contribution in [2.75, 3.05) is 65.2 Å². The topological polar surface area (TPSA) is 305 Å². The molecule has 5 rings (SSSR count). The number of esters is 1. The Balaban J connectivity index is 0.000000334. The smallest absolute Gasteiger partial charge is 0.340 e. The molecule has 2 amide bonds. The van der Waals surface area contributed by atoms with E-state index in [9.17, 15) is 39.0 Å². The van der Waals surface area contributed by atoms with Crippen LogP contribution in [0.25, 0.3) is 0 Å². The summed E-state index contributed by atoms with van der Waals surface area (Å²) in [6, 6.07) is 15.9. The second kappa shape index (κ2) is 28.3. The number of hydrogen-bond acceptors (Lipinski definition) is 14. The number of unbranched alkanes of at least 4 members (excludes halogenated alkanes) is 1. The van der Waals surface area contributed by atoms with Gasteiger partial charge in [0.25, 0.3) is 5.91 Å². The van der Waals surface area contributed by atoms with Gasteiger partial charge in [0.1, 0.15) is 28.8 Å². The molecule has 0 saturated heterocycles. The maximum Gasteiger partial charge on any atom is 0.340 e. The van der Waals surface area contributed by atoms with Gasteiger partial charge >= 0.3 is 5.97 Å². The molecule has 2 heterocycles. The van der Waals surface area contributed by atoms with Crippen molar-refractivity contribution in [3.8, 4) is 23.0 Å². The van der Waals surface area contributed by atoms with E-state index in [0.29, 0.717) is 112 Å².